The fourth-order valence-electron chi connectivity index (χ4n) is 3.02. The number of rotatable bonds is 8. The maximum atomic E-state index is 12.7. The first-order valence-electron chi connectivity index (χ1n) is 9.48. The van der Waals surface area contributed by atoms with E-state index in [4.69, 9.17) is 0 Å². The molecule has 5 heteroatoms. The Balaban J connectivity index is 1.57. The summed E-state index contributed by atoms with van der Waals surface area (Å²) in [6.07, 6.45) is 3.45. The van der Waals surface area contributed by atoms with E-state index in [1.165, 1.54) is 12.8 Å². The summed E-state index contributed by atoms with van der Waals surface area (Å²) in [5.74, 6) is 0.677. The average molecular weight is 429 g/mol. The second kappa shape index (κ2) is 9.18. The Morgan fingerprint density at radius 3 is 2.48 bits per heavy atom. The number of nitrogens with one attached hydrogen (secondary N) is 1. The van der Waals surface area contributed by atoms with E-state index in [2.05, 4.69) is 28.2 Å². The molecule has 0 radical (unpaired) electrons. The smallest absolute Gasteiger partial charge is 0.253 e. The predicted octanol–water partition coefficient (Wildman–Crippen LogP) is 4.64. The standard InChI is InChI=1S/C22H25BrN2O2/c1-2-12-25(15-17-6-7-17)22(27)18-10-8-16(9-11-18)14-24-21(26)19-4-3-5-20(23)13-19/h3-5,8-11,13,17H,2,6-7,12,14-15H2,1H3,(H,24,26). The largest absolute Gasteiger partial charge is 0.348 e. The van der Waals surface area contributed by atoms with Crippen LogP contribution in [0.4, 0.5) is 0 Å². The van der Waals surface area contributed by atoms with Crippen LogP contribution in [0.1, 0.15) is 52.5 Å². The van der Waals surface area contributed by atoms with E-state index in [-0.39, 0.29) is 11.8 Å². The summed E-state index contributed by atoms with van der Waals surface area (Å²) in [6.45, 7) is 4.21. The van der Waals surface area contributed by atoms with Crippen LogP contribution in [0.5, 0.6) is 0 Å². The lowest BCUT2D eigenvalue weighted by Gasteiger charge is -2.22. The van der Waals surface area contributed by atoms with Crippen LogP contribution in [0.25, 0.3) is 0 Å². The number of carbonyl (C=O) groups excluding carboxylic acids is 2. The van der Waals surface area contributed by atoms with Gasteiger partial charge >= 0.3 is 0 Å². The molecule has 0 atom stereocenters. The molecule has 2 amide bonds. The third-order valence-corrected chi connectivity index (χ3v) is 5.19. The molecule has 0 saturated heterocycles. The fourth-order valence-corrected chi connectivity index (χ4v) is 3.42. The molecule has 0 heterocycles. The van der Waals surface area contributed by atoms with Gasteiger partial charge in [-0.3, -0.25) is 9.59 Å². The number of hydrogen-bond donors (Lipinski definition) is 1. The van der Waals surface area contributed by atoms with Crippen molar-refractivity contribution >= 4 is 27.7 Å². The van der Waals surface area contributed by atoms with Gasteiger partial charge < -0.3 is 10.2 Å². The van der Waals surface area contributed by atoms with E-state index < -0.39 is 0 Å². The Morgan fingerprint density at radius 2 is 1.85 bits per heavy atom. The van der Waals surface area contributed by atoms with E-state index in [9.17, 15) is 9.59 Å². The zero-order chi connectivity index (χ0) is 19.2. The zero-order valence-corrected chi connectivity index (χ0v) is 17.2. The van der Waals surface area contributed by atoms with Crippen molar-refractivity contribution in [3.63, 3.8) is 0 Å². The van der Waals surface area contributed by atoms with Crippen molar-refractivity contribution in [2.75, 3.05) is 13.1 Å². The highest BCUT2D eigenvalue weighted by Crippen LogP contribution is 2.30. The molecule has 2 aromatic rings. The lowest BCUT2D eigenvalue weighted by Crippen LogP contribution is -2.33. The van der Waals surface area contributed by atoms with Gasteiger partial charge in [-0.2, -0.15) is 0 Å². The number of benzene rings is 2. The van der Waals surface area contributed by atoms with Crippen LogP contribution in [0, 0.1) is 5.92 Å². The molecular formula is C22H25BrN2O2. The zero-order valence-electron chi connectivity index (χ0n) is 15.6. The Labute approximate surface area is 169 Å². The van der Waals surface area contributed by atoms with E-state index in [0.717, 1.165) is 29.5 Å². The van der Waals surface area contributed by atoms with E-state index >= 15 is 0 Å². The van der Waals surface area contributed by atoms with Gasteiger partial charge in [0.05, 0.1) is 0 Å². The Kier molecular flexibility index (Phi) is 6.67. The van der Waals surface area contributed by atoms with Crippen molar-refractivity contribution in [3.8, 4) is 0 Å². The summed E-state index contributed by atoms with van der Waals surface area (Å²) in [7, 11) is 0. The first-order chi connectivity index (χ1) is 13.1. The molecule has 0 aliphatic heterocycles. The highest BCUT2D eigenvalue weighted by Gasteiger charge is 2.26. The van der Waals surface area contributed by atoms with Crippen LogP contribution in [-0.4, -0.2) is 29.8 Å². The maximum Gasteiger partial charge on any atom is 0.253 e. The summed E-state index contributed by atoms with van der Waals surface area (Å²) in [5.41, 5.74) is 2.30. The molecule has 3 rings (SSSR count). The summed E-state index contributed by atoms with van der Waals surface area (Å²) in [5, 5.41) is 2.91. The molecule has 4 nitrogen and oxygen atoms in total. The van der Waals surface area contributed by atoms with Gasteiger partial charge in [0.15, 0.2) is 0 Å². The molecule has 1 N–H and O–H groups in total. The highest BCUT2D eigenvalue weighted by atomic mass is 79.9. The van der Waals surface area contributed by atoms with Crippen molar-refractivity contribution in [1.29, 1.82) is 0 Å². The van der Waals surface area contributed by atoms with Crippen LogP contribution in [0.15, 0.2) is 53.0 Å². The van der Waals surface area contributed by atoms with Crippen LogP contribution < -0.4 is 5.32 Å². The molecule has 27 heavy (non-hydrogen) atoms. The topological polar surface area (TPSA) is 49.4 Å². The number of halogens is 1. The van der Waals surface area contributed by atoms with Crippen molar-refractivity contribution in [2.45, 2.75) is 32.7 Å². The summed E-state index contributed by atoms with van der Waals surface area (Å²) in [4.78, 5) is 26.9. The highest BCUT2D eigenvalue weighted by molar-refractivity contribution is 9.10. The quantitative estimate of drug-likeness (QED) is 0.665. The van der Waals surface area contributed by atoms with Gasteiger partial charge in [0.2, 0.25) is 0 Å². The van der Waals surface area contributed by atoms with Gasteiger partial charge in [-0.1, -0.05) is 41.1 Å². The minimum atomic E-state index is -0.116. The lowest BCUT2D eigenvalue weighted by molar-refractivity contribution is 0.0747. The van der Waals surface area contributed by atoms with Crippen LogP contribution in [0.3, 0.4) is 0 Å². The number of carbonyl (C=O) groups is 2. The van der Waals surface area contributed by atoms with Crippen molar-refractivity contribution in [2.24, 2.45) is 5.92 Å². The van der Waals surface area contributed by atoms with E-state index in [1.54, 1.807) is 12.1 Å². The second-order valence-electron chi connectivity index (χ2n) is 7.08. The fraction of sp³-hybridized carbons (Fsp3) is 0.364. The first kappa shape index (κ1) is 19.6. The minimum absolute atomic E-state index is 0.105. The summed E-state index contributed by atoms with van der Waals surface area (Å²) in [6, 6.07) is 14.8. The average Bonchev–Trinajstić information content (AvgIpc) is 3.50. The lowest BCUT2D eigenvalue weighted by atomic mass is 10.1. The van der Waals surface area contributed by atoms with E-state index in [1.807, 2.05) is 41.3 Å². The second-order valence-corrected chi connectivity index (χ2v) is 8.00. The number of hydrogen-bond acceptors (Lipinski definition) is 2. The molecule has 0 unspecified atom stereocenters. The van der Waals surface area contributed by atoms with Gasteiger partial charge in [-0.15, -0.1) is 0 Å². The molecular weight excluding hydrogens is 404 g/mol. The number of nitrogens with zero attached hydrogens (tertiary/aromatic N) is 1. The minimum Gasteiger partial charge on any atom is -0.348 e. The predicted molar refractivity (Wildman–Crippen MR) is 111 cm³/mol. The van der Waals surface area contributed by atoms with Gasteiger partial charge in [0.1, 0.15) is 0 Å². The third kappa shape index (κ3) is 5.67. The maximum absolute atomic E-state index is 12.7. The van der Waals surface area contributed by atoms with Crippen molar-refractivity contribution in [1.82, 2.24) is 10.2 Å². The Bertz CT molecular complexity index is 800. The SMILES string of the molecule is CCCN(CC1CC1)C(=O)c1ccc(CNC(=O)c2cccc(Br)c2)cc1. The number of amides is 2. The third-order valence-electron chi connectivity index (χ3n) is 4.70. The normalized spacial score (nSPS) is 13.3. The Hall–Kier alpha value is -2.14. The van der Waals surface area contributed by atoms with Gasteiger partial charge in [0.25, 0.3) is 11.8 Å². The Morgan fingerprint density at radius 1 is 1.11 bits per heavy atom. The van der Waals surface area contributed by atoms with E-state index in [0.29, 0.717) is 23.6 Å². The van der Waals surface area contributed by atoms with Crippen LogP contribution >= 0.6 is 15.9 Å². The van der Waals surface area contributed by atoms with Gasteiger partial charge in [-0.05, 0) is 61.1 Å². The van der Waals surface area contributed by atoms with Crippen molar-refractivity contribution in [3.05, 3.63) is 69.7 Å². The first-order valence-corrected chi connectivity index (χ1v) is 10.3. The molecule has 1 aliphatic rings. The van der Waals surface area contributed by atoms with Crippen molar-refractivity contribution < 1.29 is 9.59 Å². The molecule has 2 aromatic carbocycles. The molecule has 1 fully saturated rings. The molecule has 1 aliphatic carbocycles. The summed E-state index contributed by atoms with van der Waals surface area (Å²) < 4.78 is 0.876. The molecule has 0 spiro atoms. The molecule has 0 bridgehead atoms. The molecule has 0 aromatic heterocycles. The van der Waals surface area contributed by atoms with Crippen LogP contribution in [-0.2, 0) is 6.54 Å². The molecule has 1 saturated carbocycles. The van der Waals surface area contributed by atoms with Gasteiger partial charge in [0, 0.05) is 35.2 Å². The monoisotopic (exact) mass is 428 g/mol. The van der Waals surface area contributed by atoms with Crippen LogP contribution in [0.2, 0.25) is 0 Å². The molecule has 142 valence electrons. The summed E-state index contributed by atoms with van der Waals surface area (Å²) >= 11 is 3.37. The van der Waals surface area contributed by atoms with Gasteiger partial charge in [-0.25, -0.2) is 0 Å².